The highest BCUT2D eigenvalue weighted by Crippen LogP contribution is 2.09. The molecule has 0 saturated carbocycles. The summed E-state index contributed by atoms with van der Waals surface area (Å²) in [5.41, 5.74) is 3.13. The van der Waals surface area contributed by atoms with E-state index in [1.807, 2.05) is 54.6 Å². The minimum absolute atomic E-state index is 0.112. The second-order valence-electron chi connectivity index (χ2n) is 6.24. The summed E-state index contributed by atoms with van der Waals surface area (Å²) in [6.45, 7) is 1.31. The van der Waals surface area contributed by atoms with Crippen molar-refractivity contribution in [2.45, 2.75) is 19.8 Å². The van der Waals surface area contributed by atoms with Gasteiger partial charge in [0, 0.05) is 6.54 Å². The Hall–Kier alpha value is -3.38. The Labute approximate surface area is 163 Å². The van der Waals surface area contributed by atoms with Gasteiger partial charge in [0.05, 0.1) is 26.0 Å². The number of nitrogens with one attached hydrogen (secondary N) is 2. The zero-order chi connectivity index (χ0) is 19.6. The second-order valence-corrected chi connectivity index (χ2v) is 6.24. The van der Waals surface area contributed by atoms with E-state index in [1.165, 1.54) is 6.26 Å². The lowest BCUT2D eigenvalue weighted by Crippen LogP contribution is -2.36. The first kappa shape index (κ1) is 19.4. The number of furan rings is 1. The zero-order valence-electron chi connectivity index (χ0n) is 15.4. The summed E-state index contributed by atoms with van der Waals surface area (Å²) < 4.78 is 10.7. The molecule has 0 bridgehead atoms. The van der Waals surface area contributed by atoms with Gasteiger partial charge in [0.1, 0.15) is 0 Å². The maximum absolute atomic E-state index is 11.9. The maximum Gasteiger partial charge on any atom is 0.287 e. The minimum atomic E-state index is -0.419. The van der Waals surface area contributed by atoms with Crippen LogP contribution in [0.1, 0.15) is 27.2 Å². The van der Waals surface area contributed by atoms with Gasteiger partial charge in [-0.15, -0.1) is 0 Å². The molecule has 144 valence electrons. The third-order valence-corrected chi connectivity index (χ3v) is 4.02. The van der Waals surface area contributed by atoms with Crippen molar-refractivity contribution in [3.63, 3.8) is 0 Å². The number of rotatable bonds is 9. The second kappa shape index (κ2) is 10.1. The largest absolute Gasteiger partial charge is 0.459 e. The van der Waals surface area contributed by atoms with Gasteiger partial charge in [0.25, 0.3) is 5.91 Å². The van der Waals surface area contributed by atoms with Crippen LogP contribution < -0.4 is 10.6 Å². The Morgan fingerprint density at radius 2 is 1.57 bits per heavy atom. The smallest absolute Gasteiger partial charge is 0.287 e. The van der Waals surface area contributed by atoms with Crippen LogP contribution in [0.3, 0.4) is 0 Å². The molecule has 6 heteroatoms. The number of benzene rings is 2. The Balaban J connectivity index is 1.40. The van der Waals surface area contributed by atoms with Crippen molar-refractivity contribution < 1.29 is 18.7 Å². The molecule has 6 nitrogen and oxygen atoms in total. The molecule has 1 heterocycles. The highest BCUT2D eigenvalue weighted by molar-refractivity contribution is 5.94. The van der Waals surface area contributed by atoms with Crippen LogP contribution in [0.15, 0.2) is 77.4 Å². The Morgan fingerprint density at radius 3 is 2.36 bits per heavy atom. The van der Waals surface area contributed by atoms with Gasteiger partial charge in [0.15, 0.2) is 5.76 Å². The summed E-state index contributed by atoms with van der Waals surface area (Å²) >= 11 is 0. The van der Waals surface area contributed by atoms with Gasteiger partial charge < -0.3 is 19.8 Å². The molecule has 0 fully saturated rings. The van der Waals surface area contributed by atoms with Crippen LogP contribution in [0.4, 0.5) is 0 Å². The van der Waals surface area contributed by atoms with Crippen LogP contribution in [-0.4, -0.2) is 18.4 Å². The average molecular weight is 378 g/mol. The van der Waals surface area contributed by atoms with Crippen LogP contribution >= 0.6 is 0 Å². The van der Waals surface area contributed by atoms with Gasteiger partial charge in [-0.05, 0) is 28.8 Å². The standard InChI is InChI=1S/C22H22N2O4/c25-21(14-24-22(26)20-10-5-11-28-20)23-13-18-8-4-9-19(12-18)16-27-15-17-6-2-1-3-7-17/h1-12H,13-16H2,(H,23,25)(H,24,26). The van der Waals surface area contributed by atoms with E-state index in [-0.39, 0.29) is 18.2 Å². The summed E-state index contributed by atoms with van der Waals surface area (Å²) in [6.07, 6.45) is 1.41. The molecule has 3 rings (SSSR count). The Bertz CT molecular complexity index is 892. The molecule has 0 radical (unpaired) electrons. The number of hydrogen-bond acceptors (Lipinski definition) is 4. The third kappa shape index (κ3) is 6.10. The first-order valence-corrected chi connectivity index (χ1v) is 8.98. The van der Waals surface area contributed by atoms with Gasteiger partial charge in [-0.3, -0.25) is 9.59 Å². The zero-order valence-corrected chi connectivity index (χ0v) is 15.4. The molecule has 2 N–H and O–H groups in total. The molecular weight excluding hydrogens is 356 g/mol. The summed E-state index contributed by atoms with van der Waals surface area (Å²) in [4.78, 5) is 23.7. The topological polar surface area (TPSA) is 80.6 Å². The van der Waals surface area contributed by atoms with Crippen LogP contribution in [0, 0.1) is 0 Å². The van der Waals surface area contributed by atoms with Crippen molar-refractivity contribution in [2.24, 2.45) is 0 Å². The fraction of sp³-hybridized carbons (Fsp3) is 0.182. The van der Waals surface area contributed by atoms with E-state index in [9.17, 15) is 9.59 Å². The molecule has 0 unspecified atom stereocenters. The number of carbonyl (C=O) groups excluding carboxylic acids is 2. The maximum atomic E-state index is 11.9. The van der Waals surface area contributed by atoms with Gasteiger partial charge in [-0.2, -0.15) is 0 Å². The van der Waals surface area contributed by atoms with Gasteiger partial charge >= 0.3 is 0 Å². The quantitative estimate of drug-likeness (QED) is 0.600. The van der Waals surface area contributed by atoms with Crippen LogP contribution in [-0.2, 0) is 29.3 Å². The molecule has 2 aromatic carbocycles. The fourth-order valence-electron chi connectivity index (χ4n) is 2.61. The summed E-state index contributed by atoms with van der Waals surface area (Å²) in [5, 5.41) is 5.29. The summed E-state index contributed by atoms with van der Waals surface area (Å²) in [6, 6.07) is 21.0. The lowest BCUT2D eigenvalue weighted by atomic mass is 10.1. The van der Waals surface area contributed by atoms with Crippen LogP contribution in [0.2, 0.25) is 0 Å². The molecule has 0 saturated heterocycles. The summed E-state index contributed by atoms with van der Waals surface area (Å²) in [5.74, 6) is -0.514. The molecule has 0 aliphatic rings. The predicted molar refractivity (Wildman–Crippen MR) is 104 cm³/mol. The van der Waals surface area contributed by atoms with E-state index in [0.717, 1.165) is 16.7 Å². The monoisotopic (exact) mass is 378 g/mol. The van der Waals surface area contributed by atoms with Gasteiger partial charge in [-0.25, -0.2) is 0 Å². The van der Waals surface area contributed by atoms with Gasteiger partial charge in [0.2, 0.25) is 5.91 Å². The SMILES string of the molecule is O=C(CNC(=O)c1ccco1)NCc1cccc(COCc2ccccc2)c1. The van der Waals surface area contributed by atoms with Crippen molar-refractivity contribution in [3.05, 3.63) is 95.4 Å². The van der Waals surface area contributed by atoms with Crippen LogP contribution in [0.5, 0.6) is 0 Å². The molecule has 0 atom stereocenters. The van der Waals surface area contributed by atoms with E-state index in [2.05, 4.69) is 10.6 Å². The Morgan fingerprint density at radius 1 is 0.821 bits per heavy atom. The molecule has 2 amide bonds. The Kier molecular flexibility index (Phi) is 6.98. The van der Waals surface area contributed by atoms with E-state index in [1.54, 1.807) is 12.1 Å². The minimum Gasteiger partial charge on any atom is -0.459 e. The third-order valence-electron chi connectivity index (χ3n) is 4.02. The summed E-state index contributed by atoms with van der Waals surface area (Å²) in [7, 11) is 0. The first-order chi connectivity index (χ1) is 13.7. The van der Waals surface area contributed by atoms with Crippen LogP contribution in [0.25, 0.3) is 0 Å². The highest BCUT2D eigenvalue weighted by Gasteiger charge is 2.10. The average Bonchev–Trinajstić information content (AvgIpc) is 3.27. The van der Waals surface area contributed by atoms with Crippen molar-refractivity contribution in [3.8, 4) is 0 Å². The van der Waals surface area contributed by atoms with Gasteiger partial charge in [-0.1, -0.05) is 54.6 Å². The van der Waals surface area contributed by atoms with Crippen molar-refractivity contribution in [2.75, 3.05) is 6.54 Å². The highest BCUT2D eigenvalue weighted by atomic mass is 16.5. The number of amides is 2. The first-order valence-electron chi connectivity index (χ1n) is 8.98. The van der Waals surface area contributed by atoms with E-state index in [0.29, 0.717) is 19.8 Å². The molecule has 28 heavy (non-hydrogen) atoms. The van der Waals surface area contributed by atoms with Crippen molar-refractivity contribution >= 4 is 11.8 Å². The fourth-order valence-corrected chi connectivity index (χ4v) is 2.61. The number of hydrogen-bond donors (Lipinski definition) is 2. The van der Waals surface area contributed by atoms with Crippen molar-refractivity contribution in [1.82, 2.24) is 10.6 Å². The molecule has 1 aromatic heterocycles. The lowest BCUT2D eigenvalue weighted by molar-refractivity contribution is -0.120. The lowest BCUT2D eigenvalue weighted by Gasteiger charge is -2.09. The van der Waals surface area contributed by atoms with Crippen molar-refractivity contribution in [1.29, 1.82) is 0 Å². The molecule has 0 aliphatic heterocycles. The molecule has 0 aliphatic carbocycles. The predicted octanol–water partition coefficient (Wildman–Crippen LogP) is 3.04. The van der Waals surface area contributed by atoms with E-state index in [4.69, 9.17) is 9.15 Å². The molecule has 3 aromatic rings. The number of carbonyl (C=O) groups is 2. The number of ether oxygens (including phenoxy) is 1. The van der Waals surface area contributed by atoms with E-state index < -0.39 is 5.91 Å². The normalized spacial score (nSPS) is 10.4. The molecular formula is C22H22N2O4. The molecule has 0 spiro atoms. The van der Waals surface area contributed by atoms with E-state index >= 15 is 0 Å².